The molecule has 0 spiro atoms. The topological polar surface area (TPSA) is 118 Å². The van der Waals surface area contributed by atoms with E-state index in [1.54, 1.807) is 17.9 Å². The number of nitrogens with one attached hydrogen (secondary N) is 4. The molecule has 0 aromatic carbocycles. The van der Waals surface area contributed by atoms with Crippen LogP contribution in [0.2, 0.25) is 0 Å². The largest absolute Gasteiger partial charge is 0.435 e. The summed E-state index contributed by atoms with van der Waals surface area (Å²) in [6.07, 6.45) is -4.68. The highest BCUT2D eigenvalue weighted by Gasteiger charge is 2.38. The average molecular weight is 454 g/mol. The molecule has 1 aliphatic heterocycles. The van der Waals surface area contributed by atoms with Crippen molar-refractivity contribution in [2.24, 2.45) is 0 Å². The maximum absolute atomic E-state index is 13.6. The van der Waals surface area contributed by atoms with Gasteiger partial charge in [0.25, 0.3) is 5.91 Å². The summed E-state index contributed by atoms with van der Waals surface area (Å²) >= 11 is 0. The first-order valence-electron chi connectivity index (χ1n) is 10.1. The predicted molar refractivity (Wildman–Crippen MR) is 111 cm³/mol. The Morgan fingerprint density at radius 1 is 1.19 bits per heavy atom. The number of carbonyl (C=O) groups is 2. The van der Waals surface area contributed by atoms with Gasteiger partial charge in [-0.25, -0.2) is 9.78 Å². The van der Waals surface area contributed by atoms with Crippen LogP contribution in [0.15, 0.2) is 18.2 Å². The Hall–Kier alpha value is -3.35. The number of anilines is 2. The summed E-state index contributed by atoms with van der Waals surface area (Å²) in [6, 6.07) is 3.95. The number of amides is 3. The molecule has 0 atom stereocenters. The van der Waals surface area contributed by atoms with E-state index in [0.29, 0.717) is 45.1 Å². The second-order valence-electron chi connectivity index (χ2n) is 7.17. The van der Waals surface area contributed by atoms with Crippen LogP contribution in [0.25, 0.3) is 0 Å². The smallest absolute Gasteiger partial charge is 0.367 e. The van der Waals surface area contributed by atoms with Crippen LogP contribution in [0, 0.1) is 0 Å². The molecule has 32 heavy (non-hydrogen) atoms. The second kappa shape index (κ2) is 9.85. The summed E-state index contributed by atoms with van der Waals surface area (Å²) < 4.78 is 40.7. The van der Waals surface area contributed by atoms with Gasteiger partial charge in [0.2, 0.25) is 0 Å². The predicted octanol–water partition coefficient (Wildman–Crippen LogP) is 1.65. The second-order valence-corrected chi connectivity index (χ2v) is 7.17. The number of alkyl halides is 3. The van der Waals surface area contributed by atoms with Crippen molar-refractivity contribution in [1.82, 2.24) is 30.7 Å². The number of hydrogen-bond donors (Lipinski definition) is 4. The molecular weight excluding hydrogens is 429 g/mol. The van der Waals surface area contributed by atoms with Gasteiger partial charge in [0.05, 0.1) is 11.4 Å². The van der Waals surface area contributed by atoms with Crippen LogP contribution >= 0.6 is 0 Å². The van der Waals surface area contributed by atoms with E-state index in [4.69, 9.17) is 0 Å². The molecular formula is C19H25F3N8O2. The molecule has 3 heterocycles. The third-order valence-electron chi connectivity index (χ3n) is 4.92. The summed E-state index contributed by atoms with van der Waals surface area (Å²) in [6.45, 7) is 4.58. The molecule has 174 valence electrons. The highest BCUT2D eigenvalue weighted by atomic mass is 19.4. The van der Waals surface area contributed by atoms with Gasteiger partial charge in [-0.1, -0.05) is 0 Å². The van der Waals surface area contributed by atoms with E-state index < -0.39 is 17.8 Å². The Bertz CT molecular complexity index is 954. The van der Waals surface area contributed by atoms with Crippen molar-refractivity contribution in [2.75, 3.05) is 50.0 Å². The van der Waals surface area contributed by atoms with Crippen molar-refractivity contribution >= 4 is 23.4 Å². The highest BCUT2D eigenvalue weighted by molar-refractivity contribution is 5.92. The fraction of sp³-hybridized carbons (Fsp3) is 0.474. The lowest BCUT2D eigenvalue weighted by atomic mass is 10.2. The molecule has 10 nitrogen and oxygen atoms in total. The first kappa shape index (κ1) is 23.3. The zero-order valence-electron chi connectivity index (χ0n) is 17.7. The minimum atomic E-state index is -4.68. The van der Waals surface area contributed by atoms with Gasteiger partial charge >= 0.3 is 12.2 Å². The van der Waals surface area contributed by atoms with Crippen LogP contribution in [0.3, 0.4) is 0 Å². The number of aromatic nitrogens is 3. The van der Waals surface area contributed by atoms with Gasteiger partial charge in [0.15, 0.2) is 11.5 Å². The lowest BCUT2D eigenvalue weighted by Gasteiger charge is -2.36. The molecule has 13 heteroatoms. The van der Waals surface area contributed by atoms with Gasteiger partial charge in [-0.2, -0.15) is 18.3 Å². The zero-order valence-corrected chi connectivity index (χ0v) is 17.7. The van der Waals surface area contributed by atoms with E-state index in [1.807, 2.05) is 0 Å². The number of urea groups is 1. The first-order valence-corrected chi connectivity index (χ1v) is 10.1. The van der Waals surface area contributed by atoms with Crippen LogP contribution in [0.1, 0.15) is 28.8 Å². The van der Waals surface area contributed by atoms with Crippen molar-refractivity contribution < 1.29 is 22.8 Å². The third-order valence-corrected chi connectivity index (χ3v) is 4.92. The minimum absolute atomic E-state index is 0.0419. The van der Waals surface area contributed by atoms with E-state index in [1.165, 1.54) is 19.2 Å². The maximum Gasteiger partial charge on any atom is 0.435 e. The molecule has 0 unspecified atom stereocenters. The van der Waals surface area contributed by atoms with Crippen LogP contribution < -0.4 is 20.9 Å². The standard InChI is InChI=1S/C19H25F3N8O2/c1-3-24-18(32)26-15-10-12(27-28-15)11-29-6-8-30(9-7-29)14-5-4-13(17(31)23-2)25-16(14)19(20,21)22/h4-5,10H,3,6-9,11H2,1-2H3,(H,23,31)(H3,24,26,27,28,32). The normalized spacial score (nSPS) is 14.8. The highest BCUT2D eigenvalue weighted by Crippen LogP contribution is 2.35. The molecule has 3 rings (SSSR count). The number of pyridine rings is 1. The molecule has 1 aliphatic rings. The van der Waals surface area contributed by atoms with Crippen LogP contribution in [-0.4, -0.2) is 71.8 Å². The molecule has 3 amide bonds. The van der Waals surface area contributed by atoms with Crippen LogP contribution in [-0.2, 0) is 12.7 Å². The van der Waals surface area contributed by atoms with Crippen molar-refractivity contribution in [2.45, 2.75) is 19.6 Å². The Morgan fingerprint density at radius 2 is 1.91 bits per heavy atom. The lowest BCUT2D eigenvalue weighted by Crippen LogP contribution is -2.46. The fourth-order valence-corrected chi connectivity index (χ4v) is 3.39. The molecule has 0 saturated carbocycles. The third kappa shape index (κ3) is 5.66. The van der Waals surface area contributed by atoms with Gasteiger partial charge < -0.3 is 15.5 Å². The van der Waals surface area contributed by atoms with Crippen molar-refractivity contribution in [3.05, 3.63) is 35.3 Å². The number of H-pyrrole nitrogens is 1. The van der Waals surface area contributed by atoms with Crippen molar-refractivity contribution in [1.29, 1.82) is 0 Å². The van der Waals surface area contributed by atoms with Crippen LogP contribution in [0.5, 0.6) is 0 Å². The monoisotopic (exact) mass is 454 g/mol. The summed E-state index contributed by atoms with van der Waals surface area (Å²) in [5, 5.41) is 14.4. The van der Waals surface area contributed by atoms with Gasteiger partial charge in [0, 0.05) is 52.4 Å². The van der Waals surface area contributed by atoms with Crippen LogP contribution in [0.4, 0.5) is 29.5 Å². The molecule has 1 saturated heterocycles. The number of aromatic amines is 1. The Kier molecular flexibility index (Phi) is 7.18. The first-order chi connectivity index (χ1) is 15.2. The number of piperazine rings is 1. The summed E-state index contributed by atoms with van der Waals surface area (Å²) in [4.78, 5) is 30.5. The van der Waals surface area contributed by atoms with Gasteiger partial charge in [-0.15, -0.1) is 0 Å². The Morgan fingerprint density at radius 3 is 2.53 bits per heavy atom. The summed E-state index contributed by atoms with van der Waals surface area (Å²) in [5.41, 5.74) is -0.613. The average Bonchev–Trinajstić information content (AvgIpc) is 3.19. The number of nitrogens with zero attached hydrogens (tertiary/aromatic N) is 4. The zero-order chi connectivity index (χ0) is 23.3. The molecule has 0 bridgehead atoms. The fourth-order valence-electron chi connectivity index (χ4n) is 3.39. The molecule has 4 N–H and O–H groups in total. The quantitative estimate of drug-likeness (QED) is 0.527. The SMILES string of the molecule is CCNC(=O)Nc1cc(CN2CCN(c3ccc(C(=O)NC)nc3C(F)(F)F)CC2)[nH]n1. The van der Waals surface area contributed by atoms with E-state index in [2.05, 4.69) is 36.0 Å². The van der Waals surface area contributed by atoms with Gasteiger partial charge in [-0.05, 0) is 19.1 Å². The molecule has 2 aromatic rings. The van der Waals surface area contributed by atoms with Crippen molar-refractivity contribution in [3.63, 3.8) is 0 Å². The van der Waals surface area contributed by atoms with E-state index in [0.717, 1.165) is 5.69 Å². The summed E-state index contributed by atoms with van der Waals surface area (Å²) in [5.74, 6) is -0.283. The lowest BCUT2D eigenvalue weighted by molar-refractivity contribution is -0.140. The molecule has 0 aliphatic carbocycles. The summed E-state index contributed by atoms with van der Waals surface area (Å²) in [7, 11) is 1.34. The molecule has 2 aromatic heterocycles. The molecule has 1 fully saturated rings. The number of hydrogen-bond acceptors (Lipinski definition) is 6. The maximum atomic E-state index is 13.6. The Balaban J connectivity index is 1.63. The number of carbonyl (C=O) groups excluding carboxylic acids is 2. The van der Waals surface area contributed by atoms with Crippen molar-refractivity contribution in [3.8, 4) is 0 Å². The van der Waals surface area contributed by atoms with Gasteiger partial charge in [0.1, 0.15) is 5.69 Å². The molecule has 0 radical (unpaired) electrons. The number of rotatable bonds is 6. The Labute approximate surface area is 182 Å². The van der Waals surface area contributed by atoms with Gasteiger partial charge in [-0.3, -0.25) is 20.1 Å². The van der Waals surface area contributed by atoms with E-state index in [9.17, 15) is 22.8 Å². The van der Waals surface area contributed by atoms with E-state index in [-0.39, 0.29) is 17.4 Å². The number of halogens is 3. The minimum Gasteiger partial charge on any atom is -0.367 e. The van der Waals surface area contributed by atoms with E-state index >= 15 is 0 Å².